The van der Waals surface area contributed by atoms with Crippen molar-refractivity contribution in [3.63, 3.8) is 0 Å². The molecule has 4 rings (SSSR count). The average molecular weight is 474 g/mol. The molecular weight excluding hydrogens is 457 g/mol. The molecular formula is C19H17Cl2NO7S. The highest BCUT2D eigenvalue weighted by atomic mass is 35.5. The van der Waals surface area contributed by atoms with Gasteiger partial charge in [-0.2, -0.15) is 0 Å². The van der Waals surface area contributed by atoms with Gasteiger partial charge in [0.25, 0.3) is 0 Å². The first-order valence-corrected chi connectivity index (χ1v) is 11.3. The number of carbonyl (C=O) groups is 1. The number of para-hydroxylation sites is 1. The fraction of sp³-hybridized carbons (Fsp3) is 0.316. The Labute approximate surface area is 182 Å². The van der Waals surface area contributed by atoms with Gasteiger partial charge in [0.1, 0.15) is 11.0 Å². The molecule has 160 valence electrons. The third kappa shape index (κ3) is 3.61. The van der Waals surface area contributed by atoms with Crippen LogP contribution in [0.3, 0.4) is 0 Å². The minimum atomic E-state index is -4.68. The van der Waals surface area contributed by atoms with E-state index in [9.17, 15) is 23.4 Å². The maximum absolute atomic E-state index is 12.8. The lowest BCUT2D eigenvalue weighted by molar-refractivity contribution is -0.197. The Morgan fingerprint density at radius 3 is 2.50 bits per heavy atom. The van der Waals surface area contributed by atoms with E-state index in [0.717, 1.165) is 24.8 Å². The first-order valence-electron chi connectivity index (χ1n) is 9.05. The van der Waals surface area contributed by atoms with Gasteiger partial charge in [-0.05, 0) is 37.5 Å². The van der Waals surface area contributed by atoms with E-state index in [0.29, 0.717) is 5.75 Å². The molecule has 2 aromatic rings. The maximum atomic E-state index is 12.8. The van der Waals surface area contributed by atoms with Crippen LogP contribution < -0.4 is 14.2 Å². The van der Waals surface area contributed by atoms with Crippen LogP contribution in [0.2, 0.25) is 10.0 Å². The third-order valence-corrected chi connectivity index (χ3v) is 7.52. The number of halogens is 2. The fourth-order valence-corrected chi connectivity index (χ4v) is 6.10. The van der Waals surface area contributed by atoms with Crippen molar-refractivity contribution in [1.29, 1.82) is 0 Å². The van der Waals surface area contributed by atoms with Gasteiger partial charge >= 0.3 is 11.9 Å². The number of aliphatic hydroxyl groups is 1. The molecule has 11 heteroatoms. The predicted octanol–water partition coefficient (Wildman–Crippen LogP) is 3.11. The van der Waals surface area contributed by atoms with Crippen molar-refractivity contribution in [3.8, 4) is 11.5 Å². The molecule has 1 heterocycles. The van der Waals surface area contributed by atoms with Crippen molar-refractivity contribution >= 4 is 39.2 Å². The number of rotatable bonds is 6. The quantitative estimate of drug-likeness (QED) is 0.550. The van der Waals surface area contributed by atoms with Gasteiger partial charge in [0.05, 0.1) is 10.0 Å². The Morgan fingerprint density at radius 1 is 1.17 bits per heavy atom. The predicted molar refractivity (Wildman–Crippen MR) is 107 cm³/mol. The normalized spacial score (nSPS) is 22.0. The molecule has 3 atom stereocenters. The lowest BCUT2D eigenvalue weighted by Crippen LogP contribution is -2.58. The van der Waals surface area contributed by atoms with Crippen LogP contribution in [-0.2, 0) is 14.8 Å². The summed E-state index contributed by atoms with van der Waals surface area (Å²) in [5, 5.41) is 19.6. The Balaban J connectivity index is 1.69. The van der Waals surface area contributed by atoms with E-state index in [-0.39, 0.29) is 27.8 Å². The molecule has 0 saturated heterocycles. The van der Waals surface area contributed by atoms with Gasteiger partial charge in [-0.25, -0.2) is 13.2 Å². The summed E-state index contributed by atoms with van der Waals surface area (Å²) in [5.74, 6) is -4.97. The fourth-order valence-electron chi connectivity index (χ4n) is 3.85. The number of fused-ring (bicyclic) bond motifs is 3. The molecule has 0 radical (unpaired) electrons. The van der Waals surface area contributed by atoms with E-state index in [1.54, 1.807) is 10.8 Å². The summed E-state index contributed by atoms with van der Waals surface area (Å²) in [4.78, 5) is 11.2. The Morgan fingerprint density at radius 2 is 1.83 bits per heavy atom. The second-order valence-electron chi connectivity index (χ2n) is 7.08. The van der Waals surface area contributed by atoms with Crippen LogP contribution >= 0.6 is 23.2 Å². The summed E-state index contributed by atoms with van der Waals surface area (Å²) in [6, 6.07) is 8.81. The SMILES string of the molecule is O=C(O)C(O)(NS(=O)(=O)c1c(Cl)cccc1Cl)Oc1cccc2c1OC1CCCC21. The molecule has 8 nitrogen and oxygen atoms in total. The molecule has 2 aromatic carbocycles. The number of nitrogens with one attached hydrogen (secondary N) is 1. The van der Waals surface area contributed by atoms with Crippen molar-refractivity contribution < 1.29 is 32.9 Å². The van der Waals surface area contributed by atoms with Gasteiger partial charge in [-0.15, -0.1) is 4.72 Å². The standard InChI is InChI=1S/C19H17Cl2NO7S/c20-12-6-3-7-13(21)17(12)30(26,27)22-19(25,18(23)24)29-15-9-2-5-11-10-4-1-8-14(10)28-16(11)15/h2-3,5-7,9-10,14,22,25H,1,4,8H2,(H,23,24). The van der Waals surface area contributed by atoms with Crippen LogP contribution in [-0.4, -0.2) is 36.6 Å². The second kappa shape index (κ2) is 7.58. The summed E-state index contributed by atoms with van der Waals surface area (Å²) in [5.41, 5.74) is 0.833. The van der Waals surface area contributed by atoms with Crippen molar-refractivity contribution in [2.75, 3.05) is 0 Å². The largest absolute Gasteiger partial charge is 0.486 e. The number of ether oxygens (including phenoxy) is 2. The van der Waals surface area contributed by atoms with Crippen LogP contribution in [0.1, 0.15) is 30.7 Å². The second-order valence-corrected chi connectivity index (χ2v) is 9.51. The summed E-state index contributed by atoms with van der Waals surface area (Å²) in [6.45, 7) is 0. The zero-order valence-corrected chi connectivity index (χ0v) is 17.7. The highest BCUT2D eigenvalue weighted by Crippen LogP contribution is 2.51. The van der Waals surface area contributed by atoms with Crippen molar-refractivity contribution in [2.24, 2.45) is 0 Å². The number of hydrogen-bond donors (Lipinski definition) is 3. The van der Waals surface area contributed by atoms with Gasteiger partial charge in [-0.1, -0.05) is 41.4 Å². The molecule has 1 aliphatic heterocycles. The van der Waals surface area contributed by atoms with Crippen molar-refractivity contribution in [3.05, 3.63) is 52.0 Å². The molecule has 2 aliphatic rings. The minimum absolute atomic E-state index is 0.0544. The lowest BCUT2D eigenvalue weighted by atomic mass is 9.97. The van der Waals surface area contributed by atoms with E-state index in [4.69, 9.17) is 32.7 Å². The topological polar surface area (TPSA) is 122 Å². The van der Waals surface area contributed by atoms with E-state index < -0.39 is 26.8 Å². The van der Waals surface area contributed by atoms with E-state index >= 15 is 0 Å². The number of aliphatic carboxylic acids is 1. The molecule has 1 aliphatic carbocycles. The zero-order valence-electron chi connectivity index (χ0n) is 15.3. The van der Waals surface area contributed by atoms with Crippen LogP contribution in [0.25, 0.3) is 0 Å². The highest BCUT2D eigenvalue weighted by molar-refractivity contribution is 7.89. The molecule has 3 unspecified atom stereocenters. The van der Waals surface area contributed by atoms with Gasteiger partial charge in [0.15, 0.2) is 11.5 Å². The molecule has 30 heavy (non-hydrogen) atoms. The first kappa shape index (κ1) is 21.2. The van der Waals surface area contributed by atoms with E-state index in [2.05, 4.69) is 0 Å². The maximum Gasteiger partial charge on any atom is 0.395 e. The highest BCUT2D eigenvalue weighted by Gasteiger charge is 2.47. The third-order valence-electron chi connectivity index (χ3n) is 5.14. The Hall–Kier alpha value is -2.04. The van der Waals surface area contributed by atoms with E-state index in [1.807, 2.05) is 6.07 Å². The minimum Gasteiger partial charge on any atom is -0.486 e. The number of sulfonamides is 1. The van der Waals surface area contributed by atoms with Crippen LogP contribution in [0.4, 0.5) is 0 Å². The van der Waals surface area contributed by atoms with Crippen LogP contribution in [0.15, 0.2) is 41.3 Å². The molecule has 0 bridgehead atoms. The van der Waals surface area contributed by atoms with Gasteiger partial charge in [0, 0.05) is 11.5 Å². The van der Waals surface area contributed by atoms with Gasteiger partial charge < -0.3 is 19.7 Å². The molecule has 0 spiro atoms. The number of carboxylic acid groups (broad SMARTS) is 1. The summed E-state index contributed by atoms with van der Waals surface area (Å²) >= 11 is 11.8. The summed E-state index contributed by atoms with van der Waals surface area (Å²) in [6.07, 6.45) is 2.72. The van der Waals surface area contributed by atoms with Crippen LogP contribution in [0, 0.1) is 0 Å². The molecule has 1 saturated carbocycles. The molecule has 0 aromatic heterocycles. The smallest absolute Gasteiger partial charge is 0.395 e. The monoisotopic (exact) mass is 473 g/mol. The number of hydrogen-bond acceptors (Lipinski definition) is 6. The van der Waals surface area contributed by atoms with Crippen LogP contribution in [0.5, 0.6) is 11.5 Å². The van der Waals surface area contributed by atoms with Gasteiger partial charge in [0.2, 0.25) is 10.0 Å². The van der Waals surface area contributed by atoms with Gasteiger partial charge in [-0.3, -0.25) is 0 Å². The Kier molecular flexibility index (Phi) is 5.36. The summed E-state index contributed by atoms with van der Waals surface area (Å²) < 4.78 is 38.3. The number of carboxylic acids is 1. The lowest BCUT2D eigenvalue weighted by Gasteiger charge is -2.26. The molecule has 1 fully saturated rings. The van der Waals surface area contributed by atoms with E-state index in [1.165, 1.54) is 24.3 Å². The number of benzene rings is 2. The molecule has 3 N–H and O–H groups in total. The van der Waals surface area contributed by atoms with Crippen molar-refractivity contribution in [2.45, 2.75) is 42.1 Å². The first-order chi connectivity index (χ1) is 14.1. The average Bonchev–Trinajstić information content (AvgIpc) is 3.23. The molecule has 0 amide bonds. The Bertz CT molecular complexity index is 1100. The summed E-state index contributed by atoms with van der Waals surface area (Å²) in [7, 11) is -4.68. The van der Waals surface area contributed by atoms with Crippen molar-refractivity contribution in [1.82, 2.24) is 4.72 Å². The zero-order chi connectivity index (χ0) is 21.7.